The third-order valence-electron chi connectivity index (χ3n) is 4.53. The Morgan fingerprint density at radius 1 is 1.23 bits per heavy atom. The van der Waals surface area contributed by atoms with Gasteiger partial charge in [-0.15, -0.1) is 24.0 Å². The first-order valence-electron chi connectivity index (χ1n) is 9.85. The lowest BCUT2D eigenvalue weighted by Gasteiger charge is -2.26. The molecule has 3 N–H and O–H groups in total. The number of amides is 2. The molecule has 8 nitrogen and oxygen atoms in total. The first-order chi connectivity index (χ1) is 14.2. The second-order valence-corrected chi connectivity index (χ2v) is 6.72. The van der Waals surface area contributed by atoms with E-state index in [4.69, 9.17) is 4.42 Å². The van der Waals surface area contributed by atoms with Crippen molar-refractivity contribution in [3.05, 3.63) is 59.5 Å². The third kappa shape index (κ3) is 7.05. The highest BCUT2D eigenvalue weighted by molar-refractivity contribution is 14.0. The van der Waals surface area contributed by atoms with E-state index in [1.165, 1.54) is 0 Å². The number of halogens is 1. The number of carbonyl (C=O) groups is 2. The number of rotatable bonds is 7. The summed E-state index contributed by atoms with van der Waals surface area (Å²) in [5, 5.41) is 9.23. The summed E-state index contributed by atoms with van der Waals surface area (Å²) in [6.07, 6.45) is 2.45. The zero-order valence-corrected chi connectivity index (χ0v) is 19.3. The molecular weight excluding hydrogens is 497 g/mol. The summed E-state index contributed by atoms with van der Waals surface area (Å²) in [4.78, 5) is 30.1. The maximum absolute atomic E-state index is 12.5. The fourth-order valence-corrected chi connectivity index (χ4v) is 3.02. The first-order valence-corrected chi connectivity index (χ1v) is 9.85. The lowest BCUT2D eigenvalue weighted by molar-refractivity contribution is -0.123. The number of aliphatic imine (C=N–C) groups is 1. The highest BCUT2D eigenvalue weighted by atomic mass is 127. The average Bonchev–Trinajstić information content (AvgIpc) is 3.25. The minimum atomic E-state index is -0.122. The standard InChI is InChI=1S/C21H27N5O3.HI/c1-2-22-21(24-10-9-18-4-3-13-29-18)25-14-16-5-7-17(8-6-16)20(28)26-12-11-23-19(27)15-26;/h3-8,13H,2,9-12,14-15H2,1H3,(H,23,27)(H2,22,24,25);1H. The number of hydrogen-bond acceptors (Lipinski definition) is 4. The molecule has 9 heteroatoms. The lowest BCUT2D eigenvalue weighted by atomic mass is 10.1. The number of hydrogen-bond donors (Lipinski definition) is 3. The summed E-state index contributed by atoms with van der Waals surface area (Å²) in [7, 11) is 0. The van der Waals surface area contributed by atoms with E-state index >= 15 is 0 Å². The molecular formula is C21H28IN5O3. The molecule has 1 aromatic heterocycles. The molecule has 2 aromatic rings. The van der Waals surface area contributed by atoms with E-state index in [9.17, 15) is 9.59 Å². The highest BCUT2D eigenvalue weighted by Gasteiger charge is 2.22. The largest absolute Gasteiger partial charge is 0.469 e. The molecule has 2 amide bonds. The van der Waals surface area contributed by atoms with Gasteiger partial charge in [0.05, 0.1) is 19.4 Å². The molecule has 162 valence electrons. The quantitative estimate of drug-likeness (QED) is 0.291. The van der Waals surface area contributed by atoms with Crippen LogP contribution in [-0.2, 0) is 17.8 Å². The minimum absolute atomic E-state index is 0. The van der Waals surface area contributed by atoms with Gasteiger partial charge in [-0.3, -0.25) is 9.59 Å². The number of carbonyl (C=O) groups excluding carboxylic acids is 2. The van der Waals surface area contributed by atoms with E-state index in [0.717, 1.165) is 36.8 Å². The highest BCUT2D eigenvalue weighted by Crippen LogP contribution is 2.10. The second kappa shape index (κ2) is 12.2. The first kappa shape index (κ1) is 23.7. The van der Waals surface area contributed by atoms with Crippen LogP contribution in [0.2, 0.25) is 0 Å². The predicted octanol–water partition coefficient (Wildman–Crippen LogP) is 1.77. The summed E-state index contributed by atoms with van der Waals surface area (Å²) >= 11 is 0. The molecule has 0 atom stereocenters. The van der Waals surface area contributed by atoms with Gasteiger partial charge in [0.25, 0.3) is 5.91 Å². The summed E-state index contributed by atoms with van der Waals surface area (Å²) in [5.41, 5.74) is 1.58. The third-order valence-corrected chi connectivity index (χ3v) is 4.53. The van der Waals surface area contributed by atoms with Gasteiger partial charge in [-0.05, 0) is 36.8 Å². The average molecular weight is 525 g/mol. The summed E-state index contributed by atoms with van der Waals surface area (Å²) in [6.45, 7) is 5.14. The molecule has 0 aliphatic carbocycles. The van der Waals surface area contributed by atoms with Gasteiger partial charge in [-0.2, -0.15) is 0 Å². The molecule has 0 spiro atoms. The van der Waals surface area contributed by atoms with Crippen LogP contribution < -0.4 is 16.0 Å². The van der Waals surface area contributed by atoms with Crippen molar-refractivity contribution < 1.29 is 14.0 Å². The fraction of sp³-hybridized carbons (Fsp3) is 0.381. The number of furan rings is 1. The number of guanidine groups is 1. The van der Waals surface area contributed by atoms with Gasteiger partial charge in [0.2, 0.25) is 5.91 Å². The van der Waals surface area contributed by atoms with Crippen LogP contribution in [0.15, 0.2) is 52.1 Å². The van der Waals surface area contributed by atoms with E-state index in [0.29, 0.717) is 25.2 Å². The number of piperazine rings is 1. The van der Waals surface area contributed by atoms with Crippen molar-refractivity contribution in [3.8, 4) is 0 Å². The monoisotopic (exact) mass is 525 g/mol. The Hall–Kier alpha value is -2.56. The van der Waals surface area contributed by atoms with Crippen LogP contribution in [0.1, 0.15) is 28.6 Å². The summed E-state index contributed by atoms with van der Waals surface area (Å²) in [5.74, 6) is 1.42. The molecule has 1 fully saturated rings. The molecule has 1 aliphatic rings. The van der Waals surface area contributed by atoms with Crippen LogP contribution in [-0.4, -0.2) is 55.4 Å². The molecule has 0 saturated carbocycles. The molecule has 1 aromatic carbocycles. The van der Waals surface area contributed by atoms with Crippen LogP contribution in [0.5, 0.6) is 0 Å². The Balaban J connectivity index is 0.00000320. The lowest BCUT2D eigenvalue weighted by Crippen LogP contribution is -2.49. The van der Waals surface area contributed by atoms with E-state index in [-0.39, 0.29) is 42.3 Å². The molecule has 1 saturated heterocycles. The molecule has 0 radical (unpaired) electrons. The van der Waals surface area contributed by atoms with Crippen molar-refractivity contribution in [3.63, 3.8) is 0 Å². The van der Waals surface area contributed by atoms with Crippen molar-refractivity contribution in [2.75, 3.05) is 32.7 Å². The van der Waals surface area contributed by atoms with Crippen molar-refractivity contribution in [1.82, 2.24) is 20.9 Å². The Bertz CT molecular complexity index is 837. The van der Waals surface area contributed by atoms with Gasteiger partial charge in [0, 0.05) is 38.2 Å². The van der Waals surface area contributed by atoms with Crippen LogP contribution in [0.4, 0.5) is 0 Å². The van der Waals surface area contributed by atoms with E-state index in [2.05, 4.69) is 20.9 Å². The summed E-state index contributed by atoms with van der Waals surface area (Å²) in [6, 6.07) is 11.2. The normalized spacial score (nSPS) is 14.0. The fourth-order valence-electron chi connectivity index (χ4n) is 3.02. The Labute approximate surface area is 193 Å². The molecule has 2 heterocycles. The Morgan fingerprint density at radius 3 is 2.70 bits per heavy atom. The van der Waals surface area contributed by atoms with Gasteiger partial charge in [0.15, 0.2) is 5.96 Å². The Kier molecular flexibility index (Phi) is 9.65. The van der Waals surface area contributed by atoms with Crippen molar-refractivity contribution in [2.45, 2.75) is 19.9 Å². The molecule has 3 rings (SSSR count). The maximum Gasteiger partial charge on any atom is 0.254 e. The van der Waals surface area contributed by atoms with Crippen LogP contribution >= 0.6 is 24.0 Å². The van der Waals surface area contributed by atoms with Gasteiger partial charge >= 0.3 is 0 Å². The molecule has 0 unspecified atom stereocenters. The SMILES string of the molecule is CCNC(=NCc1ccc(C(=O)N2CCNC(=O)C2)cc1)NCCc1ccco1.I. The van der Waals surface area contributed by atoms with E-state index < -0.39 is 0 Å². The van der Waals surface area contributed by atoms with E-state index in [1.807, 2.05) is 31.2 Å². The van der Waals surface area contributed by atoms with Crippen molar-refractivity contribution in [2.24, 2.45) is 4.99 Å². The molecule has 0 bridgehead atoms. The van der Waals surface area contributed by atoms with Gasteiger partial charge in [-0.25, -0.2) is 4.99 Å². The Morgan fingerprint density at radius 2 is 2.03 bits per heavy atom. The number of benzene rings is 1. The summed E-state index contributed by atoms with van der Waals surface area (Å²) < 4.78 is 5.33. The van der Waals surface area contributed by atoms with Crippen molar-refractivity contribution >= 4 is 41.8 Å². The van der Waals surface area contributed by atoms with Crippen molar-refractivity contribution in [1.29, 1.82) is 0 Å². The number of nitrogens with one attached hydrogen (secondary N) is 3. The zero-order chi connectivity index (χ0) is 20.5. The van der Waals surface area contributed by atoms with Crippen LogP contribution in [0.25, 0.3) is 0 Å². The van der Waals surface area contributed by atoms with E-state index in [1.54, 1.807) is 23.3 Å². The van der Waals surface area contributed by atoms with Gasteiger partial charge in [-0.1, -0.05) is 12.1 Å². The molecule has 30 heavy (non-hydrogen) atoms. The van der Waals surface area contributed by atoms with Crippen LogP contribution in [0.3, 0.4) is 0 Å². The van der Waals surface area contributed by atoms with Crippen LogP contribution in [0, 0.1) is 0 Å². The zero-order valence-electron chi connectivity index (χ0n) is 17.0. The smallest absolute Gasteiger partial charge is 0.254 e. The van der Waals surface area contributed by atoms with Gasteiger partial charge < -0.3 is 25.3 Å². The topological polar surface area (TPSA) is 99.0 Å². The predicted molar refractivity (Wildman–Crippen MR) is 126 cm³/mol. The second-order valence-electron chi connectivity index (χ2n) is 6.72. The maximum atomic E-state index is 12.5. The minimum Gasteiger partial charge on any atom is -0.469 e. The number of nitrogens with zero attached hydrogens (tertiary/aromatic N) is 2. The molecule has 1 aliphatic heterocycles. The van der Waals surface area contributed by atoms with Gasteiger partial charge in [0.1, 0.15) is 5.76 Å².